The summed E-state index contributed by atoms with van der Waals surface area (Å²) in [4.78, 5) is 15.7. The fourth-order valence-corrected chi connectivity index (χ4v) is 3.69. The van der Waals surface area contributed by atoms with E-state index in [4.69, 9.17) is 9.47 Å². The summed E-state index contributed by atoms with van der Waals surface area (Å²) >= 11 is 0. The largest absolute Gasteiger partial charge is 0.375 e. The maximum absolute atomic E-state index is 11.6. The number of carbonyl (C=O) groups excluding carboxylic acids is 1. The third-order valence-corrected chi connectivity index (χ3v) is 4.97. The van der Waals surface area contributed by atoms with E-state index >= 15 is 0 Å². The predicted octanol–water partition coefficient (Wildman–Crippen LogP) is 0.504. The molecule has 0 spiro atoms. The normalized spacial score (nSPS) is 27.2. The second-order valence-corrected chi connectivity index (χ2v) is 7.11. The lowest BCUT2D eigenvalue weighted by Gasteiger charge is -2.37. The highest BCUT2D eigenvalue weighted by molar-refractivity contribution is 5.76. The number of morpholine rings is 1. The second kappa shape index (κ2) is 7.63. The van der Waals surface area contributed by atoms with Gasteiger partial charge in [-0.15, -0.1) is 0 Å². The van der Waals surface area contributed by atoms with Gasteiger partial charge in [0.1, 0.15) is 6.61 Å². The number of nitrogens with zero attached hydrogens (tertiary/aromatic N) is 4. The Kier molecular flexibility index (Phi) is 5.53. The number of carbonyl (C=O) groups is 1. The van der Waals surface area contributed by atoms with Crippen LogP contribution in [0.25, 0.3) is 0 Å². The molecule has 1 aromatic heterocycles. The zero-order valence-corrected chi connectivity index (χ0v) is 14.9. The number of aromatic nitrogens is 2. The highest BCUT2D eigenvalue weighted by atomic mass is 16.5. The lowest BCUT2D eigenvalue weighted by Crippen LogP contribution is -2.47. The van der Waals surface area contributed by atoms with Gasteiger partial charge in [0, 0.05) is 52.0 Å². The number of amides is 1. The smallest absolute Gasteiger partial charge is 0.248 e. The standard InChI is InChI=1S/C17H28N4O3/c1-19(2)17(22)12-23-11-13-6-15-16(7-13)24-5-4-21(15)10-14-8-18-20(3)9-14/h8-9,13,15-16H,4-7,10-12H2,1-3H3. The average Bonchev–Trinajstić information content (AvgIpc) is 3.13. The summed E-state index contributed by atoms with van der Waals surface area (Å²) in [5, 5.41) is 4.26. The highest BCUT2D eigenvalue weighted by Gasteiger charge is 2.41. The molecule has 2 fully saturated rings. The van der Waals surface area contributed by atoms with Gasteiger partial charge < -0.3 is 14.4 Å². The SMILES string of the molecule is CN(C)C(=O)COCC1CC2OCCN(Cc3cnn(C)c3)C2C1. The van der Waals surface area contributed by atoms with Crippen molar-refractivity contribution in [2.24, 2.45) is 13.0 Å². The first kappa shape index (κ1) is 17.4. The van der Waals surface area contributed by atoms with Gasteiger partial charge in [-0.1, -0.05) is 0 Å². The molecule has 7 heteroatoms. The van der Waals surface area contributed by atoms with E-state index in [0.29, 0.717) is 18.6 Å². The van der Waals surface area contributed by atoms with E-state index in [1.165, 1.54) is 5.56 Å². The molecule has 1 saturated carbocycles. The quantitative estimate of drug-likeness (QED) is 0.757. The van der Waals surface area contributed by atoms with Crippen LogP contribution in [0.2, 0.25) is 0 Å². The van der Waals surface area contributed by atoms with Crippen LogP contribution in [0.5, 0.6) is 0 Å². The molecule has 3 unspecified atom stereocenters. The van der Waals surface area contributed by atoms with Crippen LogP contribution in [-0.4, -0.2) is 78.1 Å². The van der Waals surface area contributed by atoms with E-state index in [-0.39, 0.29) is 18.6 Å². The van der Waals surface area contributed by atoms with Gasteiger partial charge in [0.05, 0.1) is 25.5 Å². The molecule has 3 atom stereocenters. The van der Waals surface area contributed by atoms with Crippen molar-refractivity contribution in [3.05, 3.63) is 18.0 Å². The van der Waals surface area contributed by atoms with Gasteiger partial charge in [0.2, 0.25) is 5.91 Å². The Labute approximate surface area is 143 Å². The summed E-state index contributed by atoms with van der Waals surface area (Å²) in [6.07, 6.45) is 6.39. The molecule has 1 aliphatic carbocycles. The summed E-state index contributed by atoms with van der Waals surface area (Å²) < 4.78 is 13.5. The van der Waals surface area contributed by atoms with Crippen molar-refractivity contribution in [2.75, 3.05) is 40.5 Å². The molecule has 24 heavy (non-hydrogen) atoms. The van der Waals surface area contributed by atoms with Crippen LogP contribution < -0.4 is 0 Å². The van der Waals surface area contributed by atoms with E-state index in [9.17, 15) is 4.79 Å². The molecule has 2 heterocycles. The third-order valence-electron chi connectivity index (χ3n) is 4.97. The molecule has 1 aliphatic heterocycles. The maximum Gasteiger partial charge on any atom is 0.248 e. The summed E-state index contributed by atoms with van der Waals surface area (Å²) in [5.41, 5.74) is 1.24. The number of rotatable bonds is 6. The lowest BCUT2D eigenvalue weighted by atomic mass is 10.1. The van der Waals surface area contributed by atoms with Gasteiger partial charge in [-0.2, -0.15) is 5.10 Å². The first-order chi connectivity index (χ1) is 11.5. The van der Waals surface area contributed by atoms with Gasteiger partial charge in [0.25, 0.3) is 0 Å². The molecular weight excluding hydrogens is 308 g/mol. The lowest BCUT2D eigenvalue weighted by molar-refractivity contribution is -0.134. The van der Waals surface area contributed by atoms with Crippen LogP contribution >= 0.6 is 0 Å². The molecule has 134 valence electrons. The maximum atomic E-state index is 11.6. The van der Waals surface area contributed by atoms with Crippen molar-refractivity contribution < 1.29 is 14.3 Å². The minimum Gasteiger partial charge on any atom is -0.375 e. The molecule has 1 aromatic rings. The van der Waals surface area contributed by atoms with Crippen molar-refractivity contribution in [2.45, 2.75) is 31.5 Å². The molecule has 0 N–H and O–H groups in total. The van der Waals surface area contributed by atoms with Crippen LogP contribution in [0, 0.1) is 5.92 Å². The summed E-state index contributed by atoms with van der Waals surface area (Å²) in [5.74, 6) is 0.476. The van der Waals surface area contributed by atoms with E-state index in [0.717, 1.165) is 32.5 Å². The number of likely N-dealkylation sites (N-methyl/N-ethyl adjacent to an activating group) is 1. The Balaban J connectivity index is 1.50. The van der Waals surface area contributed by atoms with Crippen LogP contribution in [0.3, 0.4) is 0 Å². The van der Waals surface area contributed by atoms with Crippen molar-refractivity contribution in [3.8, 4) is 0 Å². The van der Waals surface area contributed by atoms with Gasteiger partial charge in [-0.25, -0.2) is 0 Å². The summed E-state index contributed by atoms with van der Waals surface area (Å²) in [7, 11) is 5.45. The van der Waals surface area contributed by atoms with E-state index in [2.05, 4.69) is 16.2 Å². The van der Waals surface area contributed by atoms with Crippen molar-refractivity contribution in [1.29, 1.82) is 0 Å². The Morgan fingerprint density at radius 1 is 1.46 bits per heavy atom. The first-order valence-electron chi connectivity index (χ1n) is 8.64. The van der Waals surface area contributed by atoms with Crippen molar-refractivity contribution >= 4 is 5.91 Å². The van der Waals surface area contributed by atoms with Crippen LogP contribution in [-0.2, 0) is 27.9 Å². The molecule has 2 aliphatic rings. The zero-order chi connectivity index (χ0) is 17.1. The second-order valence-electron chi connectivity index (χ2n) is 7.11. The Hall–Kier alpha value is -1.44. The molecule has 7 nitrogen and oxygen atoms in total. The fraction of sp³-hybridized carbons (Fsp3) is 0.765. The Morgan fingerprint density at radius 2 is 2.29 bits per heavy atom. The minimum absolute atomic E-state index is 0.0138. The van der Waals surface area contributed by atoms with E-state index in [1.807, 2.05) is 17.9 Å². The summed E-state index contributed by atoms with van der Waals surface area (Å²) in [6, 6.07) is 0.442. The van der Waals surface area contributed by atoms with Crippen LogP contribution in [0.4, 0.5) is 0 Å². The van der Waals surface area contributed by atoms with Crippen LogP contribution in [0.1, 0.15) is 18.4 Å². The zero-order valence-electron chi connectivity index (χ0n) is 14.9. The third kappa shape index (κ3) is 4.15. The monoisotopic (exact) mass is 336 g/mol. The number of hydrogen-bond acceptors (Lipinski definition) is 5. The van der Waals surface area contributed by atoms with Crippen molar-refractivity contribution in [3.63, 3.8) is 0 Å². The molecule has 3 rings (SSSR count). The van der Waals surface area contributed by atoms with E-state index in [1.54, 1.807) is 19.0 Å². The minimum atomic E-state index is 0.0138. The molecular formula is C17H28N4O3. The molecule has 0 bridgehead atoms. The Bertz CT molecular complexity index is 560. The van der Waals surface area contributed by atoms with Crippen LogP contribution in [0.15, 0.2) is 12.4 Å². The summed E-state index contributed by atoms with van der Waals surface area (Å²) in [6.45, 7) is 3.47. The average molecular weight is 336 g/mol. The van der Waals surface area contributed by atoms with Gasteiger partial charge in [-0.05, 0) is 18.8 Å². The highest BCUT2D eigenvalue weighted by Crippen LogP contribution is 2.35. The Morgan fingerprint density at radius 3 is 3.00 bits per heavy atom. The first-order valence-corrected chi connectivity index (χ1v) is 8.64. The van der Waals surface area contributed by atoms with Gasteiger partial charge in [0.15, 0.2) is 0 Å². The number of fused-ring (bicyclic) bond motifs is 1. The molecule has 1 amide bonds. The van der Waals surface area contributed by atoms with E-state index < -0.39 is 0 Å². The van der Waals surface area contributed by atoms with Crippen molar-refractivity contribution in [1.82, 2.24) is 19.6 Å². The van der Waals surface area contributed by atoms with Gasteiger partial charge >= 0.3 is 0 Å². The predicted molar refractivity (Wildman–Crippen MR) is 89.4 cm³/mol. The fourth-order valence-electron chi connectivity index (χ4n) is 3.69. The van der Waals surface area contributed by atoms with Gasteiger partial charge in [-0.3, -0.25) is 14.4 Å². The number of aryl methyl sites for hydroxylation is 1. The molecule has 0 radical (unpaired) electrons. The molecule has 1 saturated heterocycles. The number of hydrogen-bond donors (Lipinski definition) is 0. The number of ether oxygens (including phenoxy) is 2. The topological polar surface area (TPSA) is 59.8 Å². The molecule has 0 aromatic carbocycles.